The third kappa shape index (κ3) is 2.89. The van der Waals surface area contributed by atoms with Crippen LogP contribution in [0.5, 0.6) is 0 Å². The zero-order valence-corrected chi connectivity index (χ0v) is 10.6. The second-order valence-corrected chi connectivity index (χ2v) is 6.47. The monoisotopic (exact) mass is 228 g/mol. The molecule has 2 aliphatic heterocycles. The van der Waals surface area contributed by atoms with Gasteiger partial charge in [0, 0.05) is 11.3 Å². The van der Waals surface area contributed by atoms with Crippen molar-refractivity contribution in [1.82, 2.24) is 4.90 Å². The van der Waals surface area contributed by atoms with Crippen LogP contribution >= 0.6 is 11.8 Å². The van der Waals surface area contributed by atoms with E-state index in [0.717, 1.165) is 23.8 Å². The number of nitrogens with zero attached hydrogens (tertiary/aromatic N) is 1. The predicted octanol–water partition coefficient (Wildman–Crippen LogP) is 1.94. The van der Waals surface area contributed by atoms with Gasteiger partial charge in [-0.25, -0.2) is 0 Å². The lowest BCUT2D eigenvalue weighted by Crippen LogP contribution is -2.44. The number of hydrogen-bond donors (Lipinski definition) is 1. The maximum absolute atomic E-state index is 5.62. The van der Waals surface area contributed by atoms with Gasteiger partial charge < -0.3 is 5.73 Å². The number of piperidine rings is 1. The Kier molecular flexibility index (Phi) is 4.35. The van der Waals surface area contributed by atoms with Gasteiger partial charge in [0.25, 0.3) is 0 Å². The summed E-state index contributed by atoms with van der Waals surface area (Å²) in [6, 6.07) is 0.869. The van der Waals surface area contributed by atoms with Gasteiger partial charge in [-0.3, -0.25) is 4.90 Å². The van der Waals surface area contributed by atoms with Crippen molar-refractivity contribution in [2.24, 2.45) is 11.7 Å². The lowest BCUT2D eigenvalue weighted by molar-refractivity contribution is 0.130. The van der Waals surface area contributed by atoms with Gasteiger partial charge in [-0.2, -0.15) is 11.8 Å². The molecule has 2 fully saturated rings. The second kappa shape index (κ2) is 5.55. The predicted molar refractivity (Wildman–Crippen MR) is 68.3 cm³/mol. The van der Waals surface area contributed by atoms with Crippen LogP contribution in [-0.4, -0.2) is 41.6 Å². The van der Waals surface area contributed by atoms with Crippen LogP contribution in [0.25, 0.3) is 0 Å². The van der Waals surface area contributed by atoms with Gasteiger partial charge in [0.2, 0.25) is 0 Å². The van der Waals surface area contributed by atoms with Gasteiger partial charge >= 0.3 is 0 Å². The third-order valence-electron chi connectivity index (χ3n) is 4.03. The molecule has 2 rings (SSSR count). The van der Waals surface area contributed by atoms with Crippen molar-refractivity contribution in [3.63, 3.8) is 0 Å². The Bertz CT molecular complexity index is 190. The third-order valence-corrected chi connectivity index (χ3v) is 5.34. The minimum Gasteiger partial charge on any atom is -0.330 e. The molecule has 2 atom stereocenters. The second-order valence-electron chi connectivity index (χ2n) is 4.99. The van der Waals surface area contributed by atoms with E-state index in [9.17, 15) is 0 Å². The van der Waals surface area contributed by atoms with Crippen molar-refractivity contribution in [2.75, 3.05) is 25.4 Å². The van der Waals surface area contributed by atoms with Crippen molar-refractivity contribution in [1.29, 1.82) is 0 Å². The molecule has 2 nitrogen and oxygen atoms in total. The van der Waals surface area contributed by atoms with Crippen molar-refractivity contribution in [2.45, 2.75) is 43.9 Å². The Morgan fingerprint density at radius 1 is 1.27 bits per heavy atom. The van der Waals surface area contributed by atoms with Crippen LogP contribution in [0.1, 0.15) is 32.6 Å². The summed E-state index contributed by atoms with van der Waals surface area (Å²) in [5.74, 6) is 2.28. The molecule has 0 aromatic heterocycles. The molecule has 0 bridgehead atoms. The fourth-order valence-electron chi connectivity index (χ4n) is 3.01. The quantitative estimate of drug-likeness (QED) is 0.800. The van der Waals surface area contributed by atoms with Crippen molar-refractivity contribution >= 4 is 11.8 Å². The van der Waals surface area contributed by atoms with E-state index in [-0.39, 0.29) is 0 Å². The van der Waals surface area contributed by atoms with Crippen LogP contribution in [0.2, 0.25) is 0 Å². The van der Waals surface area contributed by atoms with E-state index in [4.69, 9.17) is 5.73 Å². The summed E-state index contributed by atoms with van der Waals surface area (Å²) in [7, 11) is 0. The number of hydrogen-bond acceptors (Lipinski definition) is 3. The van der Waals surface area contributed by atoms with Crippen LogP contribution < -0.4 is 5.73 Å². The van der Waals surface area contributed by atoms with E-state index < -0.39 is 0 Å². The summed E-state index contributed by atoms with van der Waals surface area (Å²) in [5, 5.41) is 0.857. The van der Waals surface area contributed by atoms with E-state index >= 15 is 0 Å². The zero-order valence-electron chi connectivity index (χ0n) is 9.82. The molecule has 2 saturated heterocycles. The van der Waals surface area contributed by atoms with Gasteiger partial charge in [0.15, 0.2) is 0 Å². The van der Waals surface area contributed by atoms with Crippen molar-refractivity contribution in [3.8, 4) is 0 Å². The molecular formula is C12H24N2S. The standard InChI is InChI=1S/C12H24N2S/c1-10-12(5-9-15-10)14-7-3-11(2-6-13)4-8-14/h10-12H,2-9,13H2,1H3. The average Bonchev–Trinajstić information content (AvgIpc) is 2.66. The molecule has 0 saturated carbocycles. The molecule has 0 aliphatic carbocycles. The van der Waals surface area contributed by atoms with Crippen LogP contribution in [0.4, 0.5) is 0 Å². The molecule has 2 N–H and O–H groups in total. The lowest BCUT2D eigenvalue weighted by atomic mass is 9.92. The maximum atomic E-state index is 5.62. The first-order valence-electron chi connectivity index (χ1n) is 6.37. The Morgan fingerprint density at radius 3 is 2.53 bits per heavy atom. The molecule has 0 spiro atoms. The molecule has 0 amide bonds. The van der Waals surface area contributed by atoms with Gasteiger partial charge in [-0.1, -0.05) is 6.92 Å². The lowest BCUT2D eigenvalue weighted by Gasteiger charge is -2.37. The topological polar surface area (TPSA) is 29.3 Å². The first-order chi connectivity index (χ1) is 7.31. The highest BCUT2D eigenvalue weighted by molar-refractivity contribution is 8.00. The minimum atomic E-state index is 0.857. The molecule has 15 heavy (non-hydrogen) atoms. The number of rotatable bonds is 3. The van der Waals surface area contributed by atoms with Crippen LogP contribution in [0.15, 0.2) is 0 Å². The van der Waals surface area contributed by atoms with Crippen molar-refractivity contribution < 1.29 is 0 Å². The normalized spacial score (nSPS) is 34.8. The summed E-state index contributed by atoms with van der Waals surface area (Å²) < 4.78 is 0. The first-order valence-corrected chi connectivity index (χ1v) is 7.42. The SMILES string of the molecule is CC1SCCC1N1CCC(CCN)CC1. The molecule has 0 aromatic carbocycles. The highest BCUT2D eigenvalue weighted by Crippen LogP contribution is 2.32. The summed E-state index contributed by atoms with van der Waals surface area (Å²) in [6.45, 7) is 5.91. The Hall–Kier alpha value is 0.270. The highest BCUT2D eigenvalue weighted by atomic mass is 32.2. The molecule has 88 valence electrons. The van der Waals surface area contributed by atoms with Crippen LogP contribution in [0, 0.1) is 5.92 Å². The Morgan fingerprint density at radius 2 is 2.00 bits per heavy atom. The average molecular weight is 228 g/mol. The Labute approximate surface area is 98.0 Å². The van der Waals surface area contributed by atoms with E-state index in [0.29, 0.717) is 0 Å². The smallest absolute Gasteiger partial charge is 0.0219 e. The minimum absolute atomic E-state index is 0.857. The van der Waals surface area contributed by atoms with Crippen LogP contribution in [-0.2, 0) is 0 Å². The summed E-state index contributed by atoms with van der Waals surface area (Å²) >= 11 is 2.15. The fraction of sp³-hybridized carbons (Fsp3) is 1.00. The molecule has 2 heterocycles. The van der Waals surface area contributed by atoms with E-state index in [1.807, 2.05) is 0 Å². The molecular weight excluding hydrogens is 204 g/mol. The van der Waals surface area contributed by atoms with E-state index in [1.54, 1.807) is 0 Å². The summed E-state index contributed by atoms with van der Waals surface area (Å²) in [5.41, 5.74) is 5.62. The molecule has 0 radical (unpaired) electrons. The largest absolute Gasteiger partial charge is 0.330 e. The van der Waals surface area contributed by atoms with Crippen molar-refractivity contribution in [3.05, 3.63) is 0 Å². The Balaban J connectivity index is 1.77. The van der Waals surface area contributed by atoms with Gasteiger partial charge in [0.1, 0.15) is 0 Å². The summed E-state index contributed by atoms with van der Waals surface area (Å²) in [4.78, 5) is 2.73. The van der Waals surface area contributed by atoms with E-state index in [1.165, 1.54) is 44.5 Å². The highest BCUT2D eigenvalue weighted by Gasteiger charge is 2.31. The summed E-state index contributed by atoms with van der Waals surface area (Å²) in [6.07, 6.45) is 5.41. The molecule has 2 unspecified atom stereocenters. The molecule has 0 aromatic rings. The first kappa shape index (κ1) is 11.7. The zero-order chi connectivity index (χ0) is 10.7. The maximum Gasteiger partial charge on any atom is 0.0219 e. The molecule has 2 aliphatic rings. The van der Waals surface area contributed by atoms with Gasteiger partial charge in [-0.05, 0) is 57.0 Å². The van der Waals surface area contributed by atoms with Crippen LogP contribution in [0.3, 0.4) is 0 Å². The number of thioether (sulfide) groups is 1. The van der Waals surface area contributed by atoms with E-state index in [2.05, 4.69) is 23.6 Å². The van der Waals surface area contributed by atoms with Gasteiger partial charge in [-0.15, -0.1) is 0 Å². The molecule has 3 heteroatoms. The number of likely N-dealkylation sites (tertiary alicyclic amines) is 1. The van der Waals surface area contributed by atoms with Gasteiger partial charge in [0.05, 0.1) is 0 Å². The fourth-order valence-corrected chi connectivity index (χ4v) is 4.29. The number of nitrogens with two attached hydrogens (primary N) is 1.